The fraction of sp³-hybridized carbons (Fsp3) is 0.105. The Bertz CT molecular complexity index is 1070. The number of alkyl halides is 1. The number of fused-ring (bicyclic) bond motifs is 1. The molecule has 0 amide bonds. The van der Waals surface area contributed by atoms with Crippen molar-refractivity contribution in [3.05, 3.63) is 66.4 Å². The van der Waals surface area contributed by atoms with Crippen LogP contribution in [0.4, 0.5) is 15.9 Å². The van der Waals surface area contributed by atoms with Gasteiger partial charge in [0.15, 0.2) is 5.65 Å². The van der Waals surface area contributed by atoms with Gasteiger partial charge < -0.3 is 5.32 Å². The third-order valence-electron chi connectivity index (χ3n) is 3.96. The number of pyridine rings is 3. The van der Waals surface area contributed by atoms with Crippen LogP contribution in [-0.2, 0) is 6.67 Å². The van der Waals surface area contributed by atoms with Gasteiger partial charge in [-0.3, -0.25) is 9.97 Å². The molecule has 0 spiro atoms. The zero-order valence-corrected chi connectivity index (χ0v) is 14.0. The maximum atomic E-state index is 12.6. The van der Waals surface area contributed by atoms with E-state index >= 15 is 0 Å². The van der Waals surface area contributed by atoms with Crippen molar-refractivity contribution in [2.45, 2.75) is 13.6 Å². The van der Waals surface area contributed by atoms with Gasteiger partial charge in [0.1, 0.15) is 12.5 Å². The van der Waals surface area contributed by atoms with Crippen LogP contribution in [0.2, 0.25) is 0 Å². The molecule has 128 valence electrons. The van der Waals surface area contributed by atoms with E-state index in [0.29, 0.717) is 17.2 Å². The Morgan fingerprint density at radius 2 is 1.88 bits per heavy atom. The molecule has 0 saturated heterocycles. The van der Waals surface area contributed by atoms with Crippen molar-refractivity contribution in [3.8, 4) is 11.4 Å². The second-order valence-electron chi connectivity index (χ2n) is 5.75. The molecule has 0 aliphatic heterocycles. The average molecular weight is 346 g/mol. The van der Waals surface area contributed by atoms with E-state index in [0.717, 1.165) is 28.0 Å². The molecule has 0 aliphatic carbocycles. The van der Waals surface area contributed by atoms with Gasteiger partial charge in [-0.2, -0.15) is 0 Å². The lowest BCUT2D eigenvalue weighted by atomic mass is 10.1. The summed E-state index contributed by atoms with van der Waals surface area (Å²) in [6, 6.07) is 9.60. The first-order valence-corrected chi connectivity index (χ1v) is 8.06. The molecule has 0 aliphatic rings. The maximum absolute atomic E-state index is 12.6. The van der Waals surface area contributed by atoms with Crippen LogP contribution < -0.4 is 5.32 Å². The standard InChI is InChI=1S/C19H15FN6/c1-12-3-2-7-21-18(12)16-5-4-14-15(6-8-22-19(14)26-16)25-17-11-23-13(9-20)10-24-17/h2-8,10-11H,9H2,1H3,(H,22,24,25,26). The number of halogens is 1. The Hall–Kier alpha value is -3.48. The van der Waals surface area contributed by atoms with Crippen LogP contribution in [-0.4, -0.2) is 24.9 Å². The number of rotatable bonds is 4. The minimum Gasteiger partial charge on any atom is -0.338 e. The van der Waals surface area contributed by atoms with Crippen molar-refractivity contribution in [1.82, 2.24) is 24.9 Å². The molecular formula is C19H15FN6. The third-order valence-corrected chi connectivity index (χ3v) is 3.96. The highest BCUT2D eigenvalue weighted by Crippen LogP contribution is 2.26. The van der Waals surface area contributed by atoms with Crippen molar-refractivity contribution in [3.63, 3.8) is 0 Å². The van der Waals surface area contributed by atoms with E-state index < -0.39 is 6.67 Å². The first-order valence-electron chi connectivity index (χ1n) is 8.06. The number of aromatic nitrogens is 5. The molecule has 0 bridgehead atoms. The number of hydrogen-bond donors (Lipinski definition) is 1. The van der Waals surface area contributed by atoms with Gasteiger partial charge in [-0.25, -0.2) is 19.3 Å². The van der Waals surface area contributed by atoms with E-state index in [1.54, 1.807) is 12.4 Å². The SMILES string of the molecule is Cc1cccnc1-c1ccc2c(Nc3cnc(CF)cn3)ccnc2n1. The van der Waals surface area contributed by atoms with E-state index in [-0.39, 0.29) is 0 Å². The Morgan fingerprint density at radius 3 is 2.65 bits per heavy atom. The molecule has 4 aromatic rings. The highest BCUT2D eigenvalue weighted by atomic mass is 19.1. The highest BCUT2D eigenvalue weighted by molar-refractivity contribution is 5.91. The van der Waals surface area contributed by atoms with E-state index in [1.165, 1.54) is 12.4 Å². The molecule has 1 N–H and O–H groups in total. The van der Waals surface area contributed by atoms with Crippen molar-refractivity contribution in [2.24, 2.45) is 0 Å². The fourth-order valence-electron chi connectivity index (χ4n) is 2.65. The Kier molecular flexibility index (Phi) is 4.18. The molecule has 0 radical (unpaired) electrons. The summed E-state index contributed by atoms with van der Waals surface area (Å²) in [6.45, 7) is 1.37. The topological polar surface area (TPSA) is 76.5 Å². The first-order chi connectivity index (χ1) is 12.7. The average Bonchev–Trinajstić information content (AvgIpc) is 2.69. The van der Waals surface area contributed by atoms with Gasteiger partial charge >= 0.3 is 0 Å². The number of nitrogens with zero attached hydrogens (tertiary/aromatic N) is 5. The molecule has 4 rings (SSSR count). The van der Waals surface area contributed by atoms with Crippen molar-refractivity contribution in [1.29, 1.82) is 0 Å². The van der Waals surface area contributed by atoms with Crippen LogP contribution in [0, 0.1) is 6.92 Å². The monoisotopic (exact) mass is 346 g/mol. The number of aryl methyl sites for hydroxylation is 1. The highest BCUT2D eigenvalue weighted by Gasteiger charge is 2.09. The second-order valence-corrected chi connectivity index (χ2v) is 5.75. The van der Waals surface area contributed by atoms with Crippen LogP contribution in [0.25, 0.3) is 22.4 Å². The van der Waals surface area contributed by atoms with Crippen molar-refractivity contribution < 1.29 is 4.39 Å². The van der Waals surface area contributed by atoms with Crippen molar-refractivity contribution in [2.75, 3.05) is 5.32 Å². The molecule has 0 saturated carbocycles. The lowest BCUT2D eigenvalue weighted by Gasteiger charge is -2.10. The number of hydrogen-bond acceptors (Lipinski definition) is 6. The quantitative estimate of drug-likeness (QED) is 0.602. The van der Waals surface area contributed by atoms with Crippen molar-refractivity contribution >= 4 is 22.5 Å². The zero-order chi connectivity index (χ0) is 17.9. The fourth-order valence-corrected chi connectivity index (χ4v) is 2.65. The Balaban J connectivity index is 1.71. The summed E-state index contributed by atoms with van der Waals surface area (Å²) in [7, 11) is 0. The summed E-state index contributed by atoms with van der Waals surface area (Å²) in [6.07, 6.45) is 6.33. The van der Waals surface area contributed by atoms with Gasteiger partial charge in [0.05, 0.1) is 35.2 Å². The Morgan fingerprint density at radius 1 is 0.962 bits per heavy atom. The molecule has 4 aromatic heterocycles. The molecular weight excluding hydrogens is 331 g/mol. The maximum Gasteiger partial charge on any atom is 0.161 e. The molecule has 26 heavy (non-hydrogen) atoms. The van der Waals surface area contributed by atoms with Gasteiger partial charge in [-0.05, 0) is 36.8 Å². The molecule has 0 aromatic carbocycles. The minimum absolute atomic E-state index is 0.298. The second kappa shape index (κ2) is 6.79. The van der Waals surface area contributed by atoms with E-state index in [2.05, 4.69) is 30.2 Å². The van der Waals surface area contributed by atoms with Gasteiger partial charge in [-0.15, -0.1) is 0 Å². The van der Waals surface area contributed by atoms with Gasteiger partial charge in [0.25, 0.3) is 0 Å². The summed E-state index contributed by atoms with van der Waals surface area (Å²) in [5.74, 6) is 0.527. The van der Waals surface area contributed by atoms with E-state index in [9.17, 15) is 4.39 Å². The summed E-state index contributed by atoms with van der Waals surface area (Å²) in [5, 5.41) is 4.03. The normalized spacial score (nSPS) is 10.8. The van der Waals surface area contributed by atoms with Crippen LogP contribution in [0.3, 0.4) is 0 Å². The first kappa shape index (κ1) is 16.0. The summed E-state index contributed by atoms with van der Waals surface area (Å²) < 4.78 is 12.6. The minimum atomic E-state index is -0.634. The molecule has 4 heterocycles. The van der Waals surface area contributed by atoms with Gasteiger partial charge in [0.2, 0.25) is 0 Å². The molecule has 6 nitrogen and oxygen atoms in total. The zero-order valence-electron chi connectivity index (χ0n) is 14.0. The van der Waals surface area contributed by atoms with Gasteiger partial charge in [-0.1, -0.05) is 6.07 Å². The third kappa shape index (κ3) is 3.06. The summed E-state index contributed by atoms with van der Waals surface area (Å²) in [4.78, 5) is 21.6. The Labute approximate surface area is 149 Å². The number of nitrogens with one attached hydrogen (secondary N) is 1. The molecule has 0 unspecified atom stereocenters. The lowest BCUT2D eigenvalue weighted by Crippen LogP contribution is -1.99. The van der Waals surface area contributed by atoms with Crippen LogP contribution in [0.1, 0.15) is 11.3 Å². The van der Waals surface area contributed by atoms with Crippen LogP contribution >= 0.6 is 0 Å². The summed E-state index contributed by atoms with van der Waals surface area (Å²) >= 11 is 0. The van der Waals surface area contributed by atoms with Gasteiger partial charge in [0, 0.05) is 17.8 Å². The smallest absolute Gasteiger partial charge is 0.161 e. The predicted molar refractivity (Wildman–Crippen MR) is 97.6 cm³/mol. The van der Waals surface area contributed by atoms with E-state index in [1.807, 2.05) is 37.3 Å². The largest absolute Gasteiger partial charge is 0.338 e. The lowest BCUT2D eigenvalue weighted by molar-refractivity contribution is 0.475. The van der Waals surface area contributed by atoms with Crippen LogP contribution in [0.15, 0.2) is 55.1 Å². The molecule has 0 fully saturated rings. The molecule has 7 heteroatoms. The van der Waals surface area contributed by atoms with E-state index in [4.69, 9.17) is 0 Å². The number of anilines is 2. The predicted octanol–water partition coefficient (Wildman–Crippen LogP) is 4.00. The summed E-state index contributed by atoms with van der Waals surface area (Å²) in [5.41, 5.74) is 4.36. The molecule has 0 atom stereocenters. The van der Waals surface area contributed by atoms with Crippen LogP contribution in [0.5, 0.6) is 0 Å².